The number of hydrogen-bond donors (Lipinski definition) is 2. The zero-order chi connectivity index (χ0) is 16.8. The third-order valence-corrected chi connectivity index (χ3v) is 3.90. The van der Waals surface area contributed by atoms with Gasteiger partial charge < -0.3 is 10.6 Å². The number of amides is 1. The molecular formula is C18H21ClFN2O+. The van der Waals surface area contributed by atoms with Crippen molar-refractivity contribution in [1.82, 2.24) is 0 Å². The van der Waals surface area contributed by atoms with E-state index in [0.29, 0.717) is 10.9 Å². The first-order chi connectivity index (χ1) is 11.0. The highest BCUT2D eigenvalue weighted by molar-refractivity contribution is 6.30. The van der Waals surface area contributed by atoms with Crippen molar-refractivity contribution in [3.05, 3.63) is 64.9 Å². The molecule has 23 heavy (non-hydrogen) atoms. The van der Waals surface area contributed by atoms with Crippen LogP contribution in [-0.4, -0.2) is 12.5 Å². The molecule has 0 heterocycles. The zero-order valence-corrected chi connectivity index (χ0v) is 14.0. The molecule has 3 N–H and O–H groups in total. The summed E-state index contributed by atoms with van der Waals surface area (Å²) in [5.41, 5.74) is 1.28. The van der Waals surface area contributed by atoms with Gasteiger partial charge in [0.15, 0.2) is 6.54 Å². The topological polar surface area (TPSA) is 45.7 Å². The van der Waals surface area contributed by atoms with Gasteiger partial charge in [-0.3, -0.25) is 4.79 Å². The van der Waals surface area contributed by atoms with Crippen molar-refractivity contribution in [1.29, 1.82) is 0 Å². The molecule has 1 amide bonds. The molecule has 0 bridgehead atoms. The number of carbonyl (C=O) groups is 1. The number of halogens is 2. The summed E-state index contributed by atoms with van der Waals surface area (Å²) in [4.78, 5) is 12.1. The molecule has 0 aliphatic heterocycles. The predicted molar refractivity (Wildman–Crippen MR) is 90.9 cm³/mol. The van der Waals surface area contributed by atoms with E-state index in [4.69, 9.17) is 11.6 Å². The number of carbonyl (C=O) groups excluding carboxylic acids is 1. The van der Waals surface area contributed by atoms with E-state index in [0.717, 1.165) is 0 Å². The van der Waals surface area contributed by atoms with Gasteiger partial charge in [0.1, 0.15) is 11.9 Å². The van der Waals surface area contributed by atoms with Crippen LogP contribution in [0.5, 0.6) is 0 Å². The largest absolute Gasteiger partial charge is 0.332 e. The van der Waals surface area contributed by atoms with Gasteiger partial charge in [0, 0.05) is 16.5 Å². The number of anilines is 1. The number of benzene rings is 2. The SMILES string of the molecule is CC(C)[C@H]([NH2+]CC(=O)Nc1cc(Cl)ccc1F)c1ccccc1. The maximum absolute atomic E-state index is 13.6. The van der Waals surface area contributed by atoms with E-state index in [2.05, 4.69) is 31.3 Å². The summed E-state index contributed by atoms with van der Waals surface area (Å²) in [7, 11) is 0. The van der Waals surface area contributed by atoms with E-state index in [9.17, 15) is 9.18 Å². The molecule has 0 radical (unpaired) electrons. The molecule has 5 heteroatoms. The Bertz CT molecular complexity index is 661. The van der Waals surface area contributed by atoms with E-state index < -0.39 is 5.82 Å². The van der Waals surface area contributed by atoms with E-state index in [1.54, 1.807) is 0 Å². The smallest absolute Gasteiger partial charge is 0.279 e. The van der Waals surface area contributed by atoms with Gasteiger partial charge in [-0.2, -0.15) is 0 Å². The van der Waals surface area contributed by atoms with Crippen LogP contribution in [0.2, 0.25) is 5.02 Å². The summed E-state index contributed by atoms with van der Waals surface area (Å²) in [5, 5.41) is 4.92. The van der Waals surface area contributed by atoms with Crippen LogP contribution in [0.25, 0.3) is 0 Å². The highest BCUT2D eigenvalue weighted by atomic mass is 35.5. The van der Waals surface area contributed by atoms with Crippen LogP contribution in [0.4, 0.5) is 10.1 Å². The molecule has 2 rings (SSSR count). The highest BCUT2D eigenvalue weighted by Gasteiger charge is 2.20. The van der Waals surface area contributed by atoms with Crippen molar-refractivity contribution in [3.8, 4) is 0 Å². The summed E-state index contributed by atoms with van der Waals surface area (Å²) >= 11 is 5.82. The lowest BCUT2D eigenvalue weighted by Crippen LogP contribution is -2.88. The number of rotatable bonds is 6. The lowest BCUT2D eigenvalue weighted by atomic mass is 9.96. The number of quaternary nitrogens is 1. The van der Waals surface area contributed by atoms with Crippen LogP contribution >= 0.6 is 11.6 Å². The molecule has 0 unspecified atom stereocenters. The normalized spacial score (nSPS) is 12.2. The molecule has 3 nitrogen and oxygen atoms in total. The molecule has 0 spiro atoms. The second-order valence-corrected chi connectivity index (χ2v) is 6.23. The minimum atomic E-state index is -0.494. The first-order valence-electron chi connectivity index (χ1n) is 7.60. The van der Waals surface area contributed by atoms with Gasteiger partial charge in [-0.25, -0.2) is 4.39 Å². The third kappa shape index (κ3) is 5.05. The van der Waals surface area contributed by atoms with Gasteiger partial charge in [-0.05, 0) is 18.2 Å². The standard InChI is InChI=1S/C18H20ClFN2O/c1-12(2)18(13-6-4-3-5-7-13)21-11-17(23)22-16-10-14(19)8-9-15(16)20/h3-10,12,18,21H,11H2,1-2H3,(H,22,23)/p+1/t18-/m0/s1. The van der Waals surface area contributed by atoms with Gasteiger partial charge in [0.05, 0.1) is 5.69 Å². The van der Waals surface area contributed by atoms with Crippen molar-refractivity contribution in [3.63, 3.8) is 0 Å². The maximum Gasteiger partial charge on any atom is 0.279 e. The Morgan fingerprint density at radius 3 is 2.57 bits per heavy atom. The van der Waals surface area contributed by atoms with E-state index in [-0.39, 0.29) is 24.2 Å². The molecule has 0 aliphatic rings. The van der Waals surface area contributed by atoms with Crippen LogP contribution < -0.4 is 10.6 Å². The molecule has 122 valence electrons. The summed E-state index contributed by atoms with van der Waals surface area (Å²) < 4.78 is 13.6. The minimum absolute atomic E-state index is 0.108. The maximum atomic E-state index is 13.6. The van der Waals surface area contributed by atoms with E-state index in [1.807, 2.05) is 23.5 Å². The van der Waals surface area contributed by atoms with E-state index in [1.165, 1.54) is 23.8 Å². The zero-order valence-electron chi connectivity index (χ0n) is 13.2. The van der Waals surface area contributed by atoms with Crippen LogP contribution in [0.3, 0.4) is 0 Å². The van der Waals surface area contributed by atoms with Crippen molar-refractivity contribution in [2.45, 2.75) is 19.9 Å². The number of nitrogens with one attached hydrogen (secondary N) is 1. The van der Waals surface area contributed by atoms with Crippen LogP contribution in [0, 0.1) is 11.7 Å². The predicted octanol–water partition coefficient (Wildman–Crippen LogP) is 3.38. The Labute approximate surface area is 140 Å². The quantitative estimate of drug-likeness (QED) is 0.835. The summed E-state index contributed by atoms with van der Waals surface area (Å²) in [5.74, 6) is -0.382. The van der Waals surface area contributed by atoms with Crippen molar-refractivity contribution < 1.29 is 14.5 Å². The second-order valence-electron chi connectivity index (χ2n) is 5.79. The fraction of sp³-hybridized carbons (Fsp3) is 0.278. The Kier molecular flexibility index (Phi) is 6.13. The third-order valence-electron chi connectivity index (χ3n) is 3.66. The molecule has 1 atom stereocenters. The fourth-order valence-electron chi connectivity index (χ4n) is 2.50. The van der Waals surface area contributed by atoms with Crippen LogP contribution in [0.15, 0.2) is 48.5 Å². The second kappa shape index (κ2) is 8.09. The Morgan fingerprint density at radius 2 is 1.91 bits per heavy atom. The molecule has 0 fully saturated rings. The molecule has 2 aromatic carbocycles. The number of hydrogen-bond acceptors (Lipinski definition) is 1. The lowest BCUT2D eigenvalue weighted by Gasteiger charge is -2.19. The first kappa shape index (κ1) is 17.4. The van der Waals surface area contributed by atoms with Crippen LogP contribution in [0.1, 0.15) is 25.5 Å². The summed E-state index contributed by atoms with van der Waals surface area (Å²) in [6, 6.07) is 14.3. The monoisotopic (exact) mass is 335 g/mol. The van der Waals surface area contributed by atoms with E-state index >= 15 is 0 Å². The Morgan fingerprint density at radius 1 is 1.22 bits per heavy atom. The van der Waals surface area contributed by atoms with Gasteiger partial charge in [0.2, 0.25) is 0 Å². The average molecular weight is 336 g/mol. The highest BCUT2D eigenvalue weighted by Crippen LogP contribution is 2.19. The molecular weight excluding hydrogens is 315 g/mol. The van der Waals surface area contributed by atoms with Crippen molar-refractivity contribution in [2.24, 2.45) is 5.92 Å². The molecule has 0 aliphatic carbocycles. The van der Waals surface area contributed by atoms with Crippen molar-refractivity contribution in [2.75, 3.05) is 11.9 Å². The summed E-state index contributed by atoms with van der Waals surface area (Å²) in [6.45, 7) is 4.44. The Balaban J connectivity index is 1.98. The lowest BCUT2D eigenvalue weighted by molar-refractivity contribution is -0.692. The Hall–Kier alpha value is -1.91. The fourth-order valence-corrected chi connectivity index (χ4v) is 2.67. The summed E-state index contributed by atoms with van der Waals surface area (Å²) in [6.07, 6.45) is 0. The number of nitrogens with two attached hydrogens (primary N) is 1. The van der Waals surface area contributed by atoms with Crippen molar-refractivity contribution >= 4 is 23.2 Å². The molecule has 0 aromatic heterocycles. The minimum Gasteiger partial charge on any atom is -0.332 e. The molecule has 0 saturated carbocycles. The van der Waals surface area contributed by atoms with Gasteiger partial charge >= 0.3 is 0 Å². The molecule has 0 saturated heterocycles. The van der Waals surface area contributed by atoms with Crippen LogP contribution in [-0.2, 0) is 4.79 Å². The van der Waals surface area contributed by atoms with Gasteiger partial charge in [0.25, 0.3) is 5.91 Å². The average Bonchev–Trinajstić information content (AvgIpc) is 2.52. The van der Waals surface area contributed by atoms with Gasteiger partial charge in [-0.1, -0.05) is 55.8 Å². The van der Waals surface area contributed by atoms with Gasteiger partial charge in [-0.15, -0.1) is 0 Å². The molecule has 2 aromatic rings. The first-order valence-corrected chi connectivity index (χ1v) is 7.98.